The van der Waals surface area contributed by atoms with Gasteiger partial charge in [-0.2, -0.15) is 0 Å². The Morgan fingerprint density at radius 1 is 0.913 bits per heavy atom. The third kappa shape index (κ3) is 5.72. The van der Waals surface area contributed by atoms with Crippen LogP contribution in [0.5, 0.6) is 5.75 Å². The lowest BCUT2D eigenvalue weighted by molar-refractivity contribution is -0.0787. The Kier molecular flexibility index (Phi) is 7.15. The summed E-state index contributed by atoms with van der Waals surface area (Å²) in [5.74, 6) is 1.45. The van der Waals surface area contributed by atoms with Crippen LogP contribution in [0.2, 0.25) is 0 Å². The fraction of sp³-hybridized carbons (Fsp3) is 0.429. The lowest BCUT2D eigenvalue weighted by Gasteiger charge is -2.20. The van der Waals surface area contributed by atoms with Crippen LogP contribution >= 0.6 is 0 Å². The minimum absolute atomic E-state index is 0.244. The van der Waals surface area contributed by atoms with Gasteiger partial charge in [0.25, 0.3) is 0 Å². The first-order valence-electron chi connectivity index (χ1n) is 8.65. The average molecular weight is 312 g/mol. The standard InChI is InChI=1S/C21H28O2/c1-4-15-22-21(16-18-9-7-6-8-10-18)23-20-13-11-19(12-14-20)17(3)5-2/h6-14,17,21H,4-5,15-16H2,1-3H3. The molecule has 0 radical (unpaired) electrons. The van der Waals surface area contributed by atoms with Crippen molar-refractivity contribution in [3.63, 3.8) is 0 Å². The highest BCUT2D eigenvalue weighted by Gasteiger charge is 2.12. The highest BCUT2D eigenvalue weighted by atomic mass is 16.7. The fourth-order valence-corrected chi connectivity index (χ4v) is 2.45. The maximum atomic E-state index is 6.07. The number of hydrogen-bond acceptors (Lipinski definition) is 2. The van der Waals surface area contributed by atoms with Crippen molar-refractivity contribution in [2.45, 2.75) is 52.2 Å². The zero-order valence-corrected chi connectivity index (χ0v) is 14.5. The zero-order valence-electron chi connectivity index (χ0n) is 14.5. The molecule has 0 heterocycles. The van der Waals surface area contributed by atoms with Crippen LogP contribution < -0.4 is 4.74 Å². The minimum Gasteiger partial charge on any atom is -0.465 e. The van der Waals surface area contributed by atoms with Gasteiger partial charge in [-0.25, -0.2) is 0 Å². The minimum atomic E-state index is -0.244. The first-order valence-corrected chi connectivity index (χ1v) is 8.65. The highest BCUT2D eigenvalue weighted by molar-refractivity contribution is 5.29. The summed E-state index contributed by atoms with van der Waals surface area (Å²) in [5.41, 5.74) is 2.58. The topological polar surface area (TPSA) is 18.5 Å². The number of hydrogen-bond donors (Lipinski definition) is 0. The van der Waals surface area contributed by atoms with Crippen LogP contribution in [0.1, 0.15) is 50.7 Å². The van der Waals surface area contributed by atoms with Gasteiger partial charge < -0.3 is 9.47 Å². The van der Waals surface area contributed by atoms with E-state index in [-0.39, 0.29) is 6.29 Å². The summed E-state index contributed by atoms with van der Waals surface area (Å²) in [7, 11) is 0. The van der Waals surface area contributed by atoms with Gasteiger partial charge in [0.05, 0.1) is 6.61 Å². The van der Waals surface area contributed by atoms with Crippen molar-refractivity contribution >= 4 is 0 Å². The molecule has 2 aromatic carbocycles. The molecule has 0 bridgehead atoms. The number of benzene rings is 2. The van der Waals surface area contributed by atoms with Crippen molar-refractivity contribution < 1.29 is 9.47 Å². The molecule has 2 nitrogen and oxygen atoms in total. The van der Waals surface area contributed by atoms with Crippen molar-refractivity contribution in [3.05, 3.63) is 65.7 Å². The van der Waals surface area contributed by atoms with Crippen LogP contribution in [-0.2, 0) is 11.2 Å². The van der Waals surface area contributed by atoms with E-state index in [1.165, 1.54) is 11.1 Å². The molecule has 0 saturated heterocycles. The highest BCUT2D eigenvalue weighted by Crippen LogP contribution is 2.22. The number of ether oxygens (including phenoxy) is 2. The van der Waals surface area contributed by atoms with E-state index in [1.807, 2.05) is 18.2 Å². The average Bonchev–Trinajstić information content (AvgIpc) is 2.60. The van der Waals surface area contributed by atoms with E-state index < -0.39 is 0 Å². The van der Waals surface area contributed by atoms with Gasteiger partial charge in [-0.1, -0.05) is 63.2 Å². The summed E-state index contributed by atoms with van der Waals surface area (Å²) in [6.45, 7) is 7.28. The van der Waals surface area contributed by atoms with Gasteiger partial charge in [0.2, 0.25) is 6.29 Å². The molecule has 0 aliphatic heterocycles. The van der Waals surface area contributed by atoms with Crippen molar-refractivity contribution in [1.29, 1.82) is 0 Å². The third-order valence-electron chi connectivity index (χ3n) is 4.08. The van der Waals surface area contributed by atoms with Gasteiger partial charge in [-0.15, -0.1) is 0 Å². The molecule has 0 N–H and O–H groups in total. The van der Waals surface area contributed by atoms with Crippen molar-refractivity contribution in [3.8, 4) is 5.75 Å². The van der Waals surface area contributed by atoms with Gasteiger partial charge in [0.15, 0.2) is 0 Å². The molecule has 0 aliphatic carbocycles. The zero-order chi connectivity index (χ0) is 16.5. The second-order valence-corrected chi connectivity index (χ2v) is 5.99. The second kappa shape index (κ2) is 9.36. The molecule has 2 aromatic rings. The first-order chi connectivity index (χ1) is 11.2. The van der Waals surface area contributed by atoms with Gasteiger partial charge in [0, 0.05) is 6.42 Å². The Balaban J connectivity index is 2.01. The maximum absolute atomic E-state index is 6.07. The molecule has 0 amide bonds. The largest absolute Gasteiger partial charge is 0.465 e. The van der Waals surface area contributed by atoms with E-state index >= 15 is 0 Å². The summed E-state index contributed by atoms with van der Waals surface area (Å²) >= 11 is 0. The molecule has 23 heavy (non-hydrogen) atoms. The summed E-state index contributed by atoms with van der Waals surface area (Å²) in [4.78, 5) is 0. The van der Waals surface area contributed by atoms with Crippen LogP contribution in [0.25, 0.3) is 0 Å². The Morgan fingerprint density at radius 2 is 1.61 bits per heavy atom. The van der Waals surface area contributed by atoms with Gasteiger partial charge in [0.1, 0.15) is 5.75 Å². The Labute approximate surface area is 140 Å². The molecular weight excluding hydrogens is 284 g/mol. The molecule has 0 fully saturated rings. The molecule has 2 atom stereocenters. The molecular formula is C21H28O2. The van der Waals surface area contributed by atoms with Crippen molar-refractivity contribution in [2.75, 3.05) is 6.61 Å². The monoisotopic (exact) mass is 312 g/mol. The molecule has 124 valence electrons. The first kappa shape index (κ1) is 17.6. The van der Waals surface area contributed by atoms with E-state index in [0.717, 1.165) is 25.0 Å². The van der Waals surface area contributed by atoms with Gasteiger partial charge in [-0.3, -0.25) is 0 Å². The van der Waals surface area contributed by atoms with Crippen molar-refractivity contribution in [2.24, 2.45) is 0 Å². The summed E-state index contributed by atoms with van der Waals surface area (Å²) < 4.78 is 11.9. The lowest BCUT2D eigenvalue weighted by atomic mass is 9.99. The van der Waals surface area contributed by atoms with E-state index in [2.05, 4.69) is 57.2 Å². The Hall–Kier alpha value is -1.80. The predicted molar refractivity (Wildman–Crippen MR) is 96.0 cm³/mol. The summed E-state index contributed by atoms with van der Waals surface area (Å²) in [6.07, 6.45) is 2.65. The fourth-order valence-electron chi connectivity index (χ4n) is 2.45. The van der Waals surface area contributed by atoms with Crippen LogP contribution in [0, 0.1) is 0 Å². The van der Waals surface area contributed by atoms with E-state index in [0.29, 0.717) is 12.5 Å². The summed E-state index contributed by atoms with van der Waals surface area (Å²) in [5, 5.41) is 0. The Bertz CT molecular complexity index is 548. The van der Waals surface area contributed by atoms with E-state index in [1.54, 1.807) is 0 Å². The Morgan fingerprint density at radius 3 is 2.22 bits per heavy atom. The molecule has 2 unspecified atom stereocenters. The van der Waals surface area contributed by atoms with Crippen LogP contribution in [-0.4, -0.2) is 12.9 Å². The maximum Gasteiger partial charge on any atom is 0.203 e. The van der Waals surface area contributed by atoms with Crippen molar-refractivity contribution in [1.82, 2.24) is 0 Å². The van der Waals surface area contributed by atoms with Gasteiger partial charge >= 0.3 is 0 Å². The van der Waals surface area contributed by atoms with Crippen LogP contribution in [0.4, 0.5) is 0 Å². The smallest absolute Gasteiger partial charge is 0.203 e. The van der Waals surface area contributed by atoms with E-state index in [9.17, 15) is 0 Å². The number of rotatable bonds is 9. The predicted octanol–water partition coefficient (Wildman–Crippen LogP) is 5.57. The second-order valence-electron chi connectivity index (χ2n) is 5.99. The van der Waals surface area contributed by atoms with Crippen LogP contribution in [0.3, 0.4) is 0 Å². The summed E-state index contributed by atoms with van der Waals surface area (Å²) in [6, 6.07) is 18.8. The van der Waals surface area contributed by atoms with Crippen LogP contribution in [0.15, 0.2) is 54.6 Å². The molecule has 2 rings (SSSR count). The third-order valence-corrected chi connectivity index (χ3v) is 4.08. The van der Waals surface area contributed by atoms with Gasteiger partial charge in [-0.05, 0) is 42.0 Å². The molecule has 0 aromatic heterocycles. The quantitative estimate of drug-likeness (QED) is 0.563. The molecule has 0 aliphatic rings. The lowest BCUT2D eigenvalue weighted by Crippen LogP contribution is -2.24. The van der Waals surface area contributed by atoms with E-state index in [4.69, 9.17) is 9.47 Å². The molecule has 2 heteroatoms. The molecule has 0 spiro atoms. The molecule has 0 saturated carbocycles. The SMILES string of the molecule is CCCOC(Cc1ccccc1)Oc1ccc(C(C)CC)cc1. The normalized spacial score (nSPS) is 13.5.